The number of hydrogen-bond acceptors (Lipinski definition) is 8. The fourth-order valence-corrected chi connectivity index (χ4v) is 4.56. The van der Waals surface area contributed by atoms with Crippen LogP contribution in [0.1, 0.15) is 50.7 Å². The Morgan fingerprint density at radius 3 is 2.58 bits per heavy atom. The maximum absolute atomic E-state index is 13.6. The first-order valence-electron chi connectivity index (χ1n) is 10.9. The van der Waals surface area contributed by atoms with Crippen LogP contribution in [0.4, 0.5) is 5.69 Å². The fraction of sp³-hybridized carbons (Fsp3) is 0.458. The molecule has 1 aromatic rings. The standard InChI is InChI=1S/C24H28N2O7/c1-6-9-33-24(29)19-14(4)25-16-10-13(3)18(23(28)32-5)22(27)21(16)20(19)15-8-7-12(2)17(11-15)26(30)31/h7-8,11,13,18,20,25H,6,9-10H2,1-5H3/t13-,18-,20-/m1/s1. The van der Waals surface area contributed by atoms with Gasteiger partial charge in [0, 0.05) is 34.5 Å². The predicted octanol–water partition coefficient (Wildman–Crippen LogP) is 3.47. The van der Waals surface area contributed by atoms with E-state index in [0.29, 0.717) is 35.4 Å². The van der Waals surface area contributed by atoms with Gasteiger partial charge in [0.15, 0.2) is 5.78 Å². The number of esters is 2. The average molecular weight is 456 g/mol. The molecule has 0 radical (unpaired) electrons. The highest BCUT2D eigenvalue weighted by atomic mass is 16.6. The molecule has 0 spiro atoms. The smallest absolute Gasteiger partial charge is 0.336 e. The normalized spacial score (nSPS) is 22.5. The van der Waals surface area contributed by atoms with Crippen LogP contribution >= 0.6 is 0 Å². The first kappa shape index (κ1) is 24.2. The summed E-state index contributed by atoms with van der Waals surface area (Å²) >= 11 is 0. The third-order valence-electron chi connectivity index (χ3n) is 6.16. The lowest BCUT2D eigenvalue weighted by atomic mass is 9.69. The lowest BCUT2D eigenvalue weighted by Gasteiger charge is -2.38. The molecule has 0 unspecified atom stereocenters. The number of ketones is 1. The van der Waals surface area contributed by atoms with Gasteiger partial charge in [0.2, 0.25) is 0 Å². The van der Waals surface area contributed by atoms with Gasteiger partial charge in [-0.1, -0.05) is 26.0 Å². The van der Waals surface area contributed by atoms with E-state index in [1.165, 1.54) is 13.2 Å². The molecular weight excluding hydrogens is 428 g/mol. The van der Waals surface area contributed by atoms with Gasteiger partial charge in [0.25, 0.3) is 5.69 Å². The summed E-state index contributed by atoms with van der Waals surface area (Å²) in [6.45, 7) is 7.18. The van der Waals surface area contributed by atoms with Gasteiger partial charge < -0.3 is 14.8 Å². The van der Waals surface area contributed by atoms with Crippen molar-refractivity contribution in [1.82, 2.24) is 5.32 Å². The van der Waals surface area contributed by atoms with Crippen LogP contribution in [0.2, 0.25) is 0 Å². The van der Waals surface area contributed by atoms with Gasteiger partial charge in [-0.3, -0.25) is 19.7 Å². The van der Waals surface area contributed by atoms with Gasteiger partial charge in [-0.05, 0) is 38.2 Å². The molecule has 2 aliphatic rings. The molecule has 3 rings (SSSR count). The second-order valence-electron chi connectivity index (χ2n) is 8.47. The van der Waals surface area contributed by atoms with E-state index >= 15 is 0 Å². The lowest BCUT2D eigenvalue weighted by molar-refractivity contribution is -0.385. The van der Waals surface area contributed by atoms with Crippen LogP contribution in [-0.2, 0) is 23.9 Å². The Labute approximate surface area is 192 Å². The van der Waals surface area contributed by atoms with Crippen molar-refractivity contribution in [2.24, 2.45) is 11.8 Å². The number of Topliss-reactive ketones (excluding diaryl/α,β-unsaturated/α-hetero) is 1. The van der Waals surface area contributed by atoms with Gasteiger partial charge >= 0.3 is 11.9 Å². The first-order chi connectivity index (χ1) is 15.6. The molecule has 0 saturated heterocycles. The van der Waals surface area contributed by atoms with Gasteiger partial charge in [-0.15, -0.1) is 0 Å². The molecular formula is C24H28N2O7. The number of carbonyl (C=O) groups excluding carboxylic acids is 3. The van der Waals surface area contributed by atoms with E-state index in [1.54, 1.807) is 32.9 Å². The molecule has 0 bridgehead atoms. The first-order valence-corrected chi connectivity index (χ1v) is 10.9. The van der Waals surface area contributed by atoms with Gasteiger partial charge in [-0.25, -0.2) is 4.79 Å². The summed E-state index contributed by atoms with van der Waals surface area (Å²) in [5, 5.41) is 14.8. The van der Waals surface area contributed by atoms with Crippen molar-refractivity contribution in [1.29, 1.82) is 0 Å². The Balaban J connectivity index is 2.23. The summed E-state index contributed by atoms with van der Waals surface area (Å²) < 4.78 is 10.3. The Bertz CT molecular complexity index is 1090. The minimum absolute atomic E-state index is 0.117. The fourth-order valence-electron chi connectivity index (χ4n) is 4.56. The monoisotopic (exact) mass is 456 g/mol. The molecule has 176 valence electrons. The van der Waals surface area contributed by atoms with Crippen LogP contribution in [0.15, 0.2) is 40.7 Å². The number of benzene rings is 1. The molecule has 1 N–H and O–H groups in total. The van der Waals surface area contributed by atoms with Crippen LogP contribution in [0.5, 0.6) is 0 Å². The topological polar surface area (TPSA) is 125 Å². The van der Waals surface area contributed by atoms with Crippen LogP contribution < -0.4 is 5.32 Å². The molecule has 9 nitrogen and oxygen atoms in total. The number of nitro groups is 1. The van der Waals surface area contributed by atoms with Crippen molar-refractivity contribution in [2.45, 2.75) is 46.5 Å². The zero-order valence-corrected chi connectivity index (χ0v) is 19.4. The molecule has 0 saturated carbocycles. The number of aryl methyl sites for hydroxylation is 1. The Kier molecular flexibility index (Phi) is 7.00. The second-order valence-corrected chi connectivity index (χ2v) is 8.47. The van der Waals surface area contributed by atoms with Crippen LogP contribution in [-0.4, -0.2) is 36.4 Å². The van der Waals surface area contributed by atoms with Crippen LogP contribution in [0.3, 0.4) is 0 Å². The molecule has 9 heteroatoms. The van der Waals surface area contributed by atoms with Gasteiger partial charge in [0.05, 0.1) is 24.2 Å². The van der Waals surface area contributed by atoms with Gasteiger partial charge in [0.1, 0.15) is 5.92 Å². The largest absolute Gasteiger partial charge is 0.468 e. The SMILES string of the molecule is CCCOC(=O)C1=C(C)NC2=C(C(=O)[C@H](C(=O)OC)[C@H](C)C2)[C@@H]1c1ccc(C)c([N+](=O)[O-])c1. The third-order valence-corrected chi connectivity index (χ3v) is 6.16. The van der Waals surface area contributed by atoms with Crippen LogP contribution in [0, 0.1) is 28.9 Å². The van der Waals surface area contributed by atoms with Crippen molar-refractivity contribution in [2.75, 3.05) is 13.7 Å². The number of ether oxygens (including phenoxy) is 2. The van der Waals surface area contributed by atoms with E-state index in [-0.39, 0.29) is 29.4 Å². The average Bonchev–Trinajstić information content (AvgIpc) is 2.76. The number of hydrogen-bond donors (Lipinski definition) is 1. The molecule has 1 aliphatic carbocycles. The minimum atomic E-state index is -1.02. The number of dihydropyridines is 1. The Hall–Kier alpha value is -3.49. The second kappa shape index (κ2) is 9.56. The molecule has 0 aromatic heterocycles. The van der Waals surface area contributed by atoms with E-state index in [4.69, 9.17) is 9.47 Å². The number of carbonyl (C=O) groups is 3. The van der Waals surface area contributed by atoms with Crippen molar-refractivity contribution >= 4 is 23.4 Å². The zero-order valence-electron chi connectivity index (χ0n) is 19.4. The maximum Gasteiger partial charge on any atom is 0.336 e. The summed E-state index contributed by atoms with van der Waals surface area (Å²) in [4.78, 5) is 50.2. The van der Waals surface area contributed by atoms with Crippen molar-refractivity contribution in [3.05, 3.63) is 62.0 Å². The van der Waals surface area contributed by atoms with Gasteiger partial charge in [-0.2, -0.15) is 0 Å². The predicted molar refractivity (Wildman–Crippen MR) is 119 cm³/mol. The number of allylic oxidation sites excluding steroid dienone is 3. The van der Waals surface area contributed by atoms with Crippen molar-refractivity contribution in [3.8, 4) is 0 Å². The number of nitrogens with zero attached hydrogens (tertiary/aromatic N) is 1. The summed E-state index contributed by atoms with van der Waals surface area (Å²) in [5.41, 5.74) is 2.31. The third kappa shape index (κ3) is 4.40. The summed E-state index contributed by atoms with van der Waals surface area (Å²) in [6, 6.07) is 4.64. The maximum atomic E-state index is 13.6. The lowest BCUT2D eigenvalue weighted by Crippen LogP contribution is -2.43. The van der Waals surface area contributed by atoms with E-state index in [1.807, 2.05) is 6.92 Å². The summed E-state index contributed by atoms with van der Waals surface area (Å²) in [7, 11) is 1.23. The van der Waals surface area contributed by atoms with E-state index < -0.39 is 34.5 Å². The molecule has 3 atom stereocenters. The quantitative estimate of drug-likeness (QED) is 0.299. The molecule has 0 amide bonds. The number of nitrogens with one attached hydrogen (secondary N) is 1. The van der Waals surface area contributed by atoms with Crippen molar-refractivity contribution in [3.63, 3.8) is 0 Å². The van der Waals surface area contributed by atoms with E-state index in [2.05, 4.69) is 5.32 Å². The molecule has 0 fully saturated rings. The number of methoxy groups -OCH3 is 1. The number of rotatable bonds is 6. The molecule has 1 heterocycles. The zero-order chi connectivity index (χ0) is 24.4. The summed E-state index contributed by atoms with van der Waals surface area (Å²) in [6.07, 6.45) is 1.00. The molecule has 1 aliphatic heterocycles. The van der Waals surface area contributed by atoms with Crippen LogP contribution in [0.25, 0.3) is 0 Å². The highest BCUT2D eigenvalue weighted by Gasteiger charge is 2.47. The highest BCUT2D eigenvalue weighted by Crippen LogP contribution is 2.46. The van der Waals surface area contributed by atoms with E-state index in [0.717, 1.165) is 0 Å². The highest BCUT2D eigenvalue weighted by molar-refractivity contribution is 6.12. The Morgan fingerprint density at radius 1 is 1.27 bits per heavy atom. The number of nitro benzene ring substituents is 1. The minimum Gasteiger partial charge on any atom is -0.468 e. The molecule has 33 heavy (non-hydrogen) atoms. The van der Waals surface area contributed by atoms with Crippen molar-refractivity contribution < 1.29 is 28.8 Å². The summed E-state index contributed by atoms with van der Waals surface area (Å²) in [5.74, 6) is -3.95. The molecule has 1 aromatic carbocycles. The Morgan fingerprint density at radius 2 is 1.97 bits per heavy atom. The van der Waals surface area contributed by atoms with E-state index in [9.17, 15) is 24.5 Å².